The van der Waals surface area contributed by atoms with Crippen LogP contribution in [0.5, 0.6) is 0 Å². The minimum atomic E-state index is 0.114. The number of ether oxygens (including phenoxy) is 1. The van der Waals surface area contributed by atoms with Gasteiger partial charge in [-0.3, -0.25) is 10.00 Å². The molecule has 1 fully saturated rings. The van der Waals surface area contributed by atoms with Crippen molar-refractivity contribution >= 4 is 0 Å². The smallest absolute Gasteiger partial charge is 0.226 e. The third-order valence-corrected chi connectivity index (χ3v) is 3.77. The molecule has 1 saturated heterocycles. The van der Waals surface area contributed by atoms with Crippen LogP contribution in [0, 0.1) is 6.92 Å². The summed E-state index contributed by atoms with van der Waals surface area (Å²) in [5.41, 5.74) is 0. The largest absolute Gasteiger partial charge is 0.380 e. The second kappa shape index (κ2) is 5.90. The maximum absolute atomic E-state index is 5.49. The fraction of sp³-hybridized carbons (Fsp3) is 0.692. The van der Waals surface area contributed by atoms with Crippen LogP contribution in [0.1, 0.15) is 42.8 Å². The van der Waals surface area contributed by atoms with Crippen LogP contribution in [0.3, 0.4) is 0 Å². The Bertz CT molecular complexity index is 595. The lowest BCUT2D eigenvalue weighted by Gasteiger charge is -2.19. The third-order valence-electron chi connectivity index (χ3n) is 3.77. The van der Waals surface area contributed by atoms with Gasteiger partial charge in [0.2, 0.25) is 5.89 Å². The highest BCUT2D eigenvalue weighted by Crippen LogP contribution is 2.32. The van der Waals surface area contributed by atoms with E-state index in [4.69, 9.17) is 9.26 Å². The highest BCUT2D eigenvalue weighted by atomic mass is 16.5. The van der Waals surface area contributed by atoms with Gasteiger partial charge in [-0.25, -0.2) is 4.98 Å². The summed E-state index contributed by atoms with van der Waals surface area (Å²) in [5, 5.41) is 11.2. The first-order valence-electron chi connectivity index (χ1n) is 7.16. The van der Waals surface area contributed by atoms with E-state index in [1.165, 1.54) is 0 Å². The van der Waals surface area contributed by atoms with Crippen LogP contribution in [-0.4, -0.2) is 50.0 Å². The highest BCUT2D eigenvalue weighted by Gasteiger charge is 2.36. The summed E-state index contributed by atoms with van der Waals surface area (Å²) in [7, 11) is 1.73. The van der Waals surface area contributed by atoms with Gasteiger partial charge in [-0.2, -0.15) is 10.1 Å². The number of likely N-dealkylation sites (tertiary alicyclic amines) is 1. The molecule has 3 rings (SSSR count). The number of hydrogen-bond acceptors (Lipinski definition) is 7. The van der Waals surface area contributed by atoms with Crippen molar-refractivity contribution in [2.45, 2.75) is 45.4 Å². The Kier molecular flexibility index (Phi) is 3.98. The van der Waals surface area contributed by atoms with Gasteiger partial charge < -0.3 is 9.26 Å². The molecule has 0 spiro atoms. The van der Waals surface area contributed by atoms with Gasteiger partial charge in [0.15, 0.2) is 11.6 Å². The minimum absolute atomic E-state index is 0.114. The monoisotopic (exact) mass is 292 g/mol. The summed E-state index contributed by atoms with van der Waals surface area (Å²) in [4.78, 5) is 11.1. The Morgan fingerprint density at radius 3 is 2.90 bits per heavy atom. The molecule has 1 aliphatic rings. The van der Waals surface area contributed by atoms with E-state index in [0.717, 1.165) is 31.0 Å². The van der Waals surface area contributed by atoms with Crippen LogP contribution in [-0.2, 0) is 17.7 Å². The average molecular weight is 292 g/mol. The number of nitrogens with one attached hydrogen (secondary N) is 1. The Morgan fingerprint density at radius 1 is 1.43 bits per heavy atom. The van der Waals surface area contributed by atoms with Crippen molar-refractivity contribution in [3.63, 3.8) is 0 Å². The molecule has 8 heteroatoms. The van der Waals surface area contributed by atoms with E-state index in [1.54, 1.807) is 7.11 Å². The van der Waals surface area contributed by atoms with Gasteiger partial charge in [-0.1, -0.05) is 12.1 Å². The molecular formula is C13H20N6O2. The Balaban J connectivity index is 1.77. The van der Waals surface area contributed by atoms with Crippen LogP contribution in [0.2, 0.25) is 0 Å². The van der Waals surface area contributed by atoms with E-state index < -0.39 is 0 Å². The van der Waals surface area contributed by atoms with Crippen molar-refractivity contribution < 1.29 is 9.26 Å². The van der Waals surface area contributed by atoms with Crippen molar-refractivity contribution in [2.24, 2.45) is 0 Å². The van der Waals surface area contributed by atoms with E-state index in [-0.39, 0.29) is 12.1 Å². The van der Waals surface area contributed by atoms with E-state index in [9.17, 15) is 0 Å². The van der Waals surface area contributed by atoms with Crippen LogP contribution >= 0.6 is 0 Å². The average Bonchev–Trinajstić information content (AvgIpc) is 3.18. The molecule has 1 aliphatic heterocycles. The molecule has 0 bridgehead atoms. The van der Waals surface area contributed by atoms with E-state index >= 15 is 0 Å². The summed E-state index contributed by atoms with van der Waals surface area (Å²) < 4.78 is 10.7. The number of hydrogen-bond donors (Lipinski definition) is 1. The minimum Gasteiger partial charge on any atom is -0.380 e. The molecule has 0 radical (unpaired) electrons. The summed E-state index contributed by atoms with van der Waals surface area (Å²) in [6.07, 6.45) is 1.79. The molecule has 0 aromatic carbocycles. The van der Waals surface area contributed by atoms with E-state index in [1.807, 2.05) is 13.8 Å². The van der Waals surface area contributed by atoms with Crippen molar-refractivity contribution in [2.75, 3.05) is 13.7 Å². The Hall–Kier alpha value is -1.80. The van der Waals surface area contributed by atoms with Crippen molar-refractivity contribution in [1.29, 1.82) is 0 Å². The molecule has 0 saturated carbocycles. The number of aromatic nitrogens is 5. The van der Waals surface area contributed by atoms with Crippen LogP contribution in [0.25, 0.3) is 0 Å². The first kappa shape index (κ1) is 14.2. The molecule has 21 heavy (non-hydrogen) atoms. The zero-order valence-corrected chi connectivity index (χ0v) is 12.5. The zero-order chi connectivity index (χ0) is 14.8. The summed E-state index contributed by atoms with van der Waals surface area (Å²) in [5.74, 6) is 2.98. The molecule has 2 aromatic heterocycles. The van der Waals surface area contributed by atoms with Gasteiger partial charge in [0.05, 0.1) is 18.7 Å². The van der Waals surface area contributed by atoms with Gasteiger partial charge in [0.1, 0.15) is 5.82 Å². The lowest BCUT2D eigenvalue weighted by molar-refractivity contribution is 0.106. The summed E-state index contributed by atoms with van der Waals surface area (Å²) in [6, 6.07) is 0.114. The molecule has 0 aliphatic carbocycles. The van der Waals surface area contributed by atoms with Gasteiger partial charge in [0, 0.05) is 20.1 Å². The molecule has 3 heterocycles. The molecule has 0 amide bonds. The quantitative estimate of drug-likeness (QED) is 0.879. The summed E-state index contributed by atoms with van der Waals surface area (Å²) in [6.45, 7) is 5.32. The number of methoxy groups -OCH3 is 1. The van der Waals surface area contributed by atoms with Crippen molar-refractivity contribution in [3.05, 3.63) is 23.4 Å². The number of rotatable bonds is 5. The fourth-order valence-electron chi connectivity index (χ4n) is 2.66. The van der Waals surface area contributed by atoms with Crippen LogP contribution in [0.15, 0.2) is 4.52 Å². The first-order valence-corrected chi connectivity index (χ1v) is 7.16. The second-order valence-electron chi connectivity index (χ2n) is 5.28. The van der Waals surface area contributed by atoms with Gasteiger partial charge >= 0.3 is 0 Å². The number of aryl methyl sites for hydroxylation is 2. The van der Waals surface area contributed by atoms with E-state index in [2.05, 4.69) is 30.2 Å². The predicted octanol–water partition coefficient (Wildman–Crippen LogP) is 1.02. The van der Waals surface area contributed by atoms with Crippen LogP contribution < -0.4 is 0 Å². The molecule has 8 nitrogen and oxygen atoms in total. The van der Waals surface area contributed by atoms with Gasteiger partial charge in [-0.15, -0.1) is 0 Å². The zero-order valence-electron chi connectivity index (χ0n) is 12.5. The normalized spacial score (nSPS) is 23.0. The Morgan fingerprint density at radius 2 is 2.29 bits per heavy atom. The maximum Gasteiger partial charge on any atom is 0.226 e. The molecule has 2 aromatic rings. The first-order chi connectivity index (χ1) is 10.2. The van der Waals surface area contributed by atoms with Crippen molar-refractivity contribution in [3.8, 4) is 0 Å². The molecule has 114 valence electrons. The van der Waals surface area contributed by atoms with Crippen LogP contribution in [0.4, 0.5) is 0 Å². The third kappa shape index (κ3) is 2.96. The second-order valence-corrected chi connectivity index (χ2v) is 5.28. The maximum atomic E-state index is 5.49. The lowest BCUT2D eigenvalue weighted by atomic mass is 10.2. The van der Waals surface area contributed by atoms with E-state index in [0.29, 0.717) is 18.3 Å². The number of aromatic amines is 1. The lowest BCUT2D eigenvalue weighted by Crippen LogP contribution is -2.26. The number of nitrogens with zero attached hydrogens (tertiary/aromatic N) is 5. The molecule has 0 unspecified atom stereocenters. The number of H-pyrrole nitrogens is 1. The molecular weight excluding hydrogens is 272 g/mol. The SMILES string of the molecule is CCc1nc(CN2C[C@H](OC)C[C@H]2c2n[nH]c(C)n2)no1. The highest BCUT2D eigenvalue weighted by molar-refractivity contribution is 5.02. The Labute approximate surface area is 122 Å². The van der Waals surface area contributed by atoms with Gasteiger partial charge in [-0.05, 0) is 13.3 Å². The van der Waals surface area contributed by atoms with Crippen molar-refractivity contribution in [1.82, 2.24) is 30.2 Å². The topological polar surface area (TPSA) is 93.0 Å². The molecule has 1 N–H and O–H groups in total. The molecule has 2 atom stereocenters. The van der Waals surface area contributed by atoms with Gasteiger partial charge in [0.25, 0.3) is 0 Å². The summed E-state index contributed by atoms with van der Waals surface area (Å²) >= 11 is 0. The predicted molar refractivity (Wildman–Crippen MR) is 73.4 cm³/mol. The standard InChI is InChI=1S/C13H20N6O2/c1-4-12-15-11(18-21-12)7-19-6-9(20-3)5-10(19)13-14-8(2)16-17-13/h9-10H,4-7H2,1-3H3,(H,14,16,17)/t9-,10+/m1/s1. The fourth-order valence-corrected chi connectivity index (χ4v) is 2.66.